The lowest BCUT2D eigenvalue weighted by Crippen LogP contribution is -2.23. The van der Waals surface area contributed by atoms with Gasteiger partial charge in [0, 0.05) is 16.7 Å². The lowest BCUT2D eigenvalue weighted by atomic mass is 10.00. The van der Waals surface area contributed by atoms with Crippen molar-refractivity contribution in [2.24, 2.45) is 4.99 Å². The summed E-state index contributed by atoms with van der Waals surface area (Å²) in [5.41, 5.74) is 2.44. The molecule has 2 aromatic rings. The summed E-state index contributed by atoms with van der Waals surface area (Å²) >= 11 is 0. The van der Waals surface area contributed by atoms with E-state index in [9.17, 15) is 17.6 Å². The molecule has 1 N–H and O–H groups in total. The number of aromatic nitrogens is 1. The van der Waals surface area contributed by atoms with E-state index in [0.717, 1.165) is 36.8 Å². The van der Waals surface area contributed by atoms with E-state index >= 15 is 0 Å². The third kappa shape index (κ3) is 8.71. The first-order valence-corrected chi connectivity index (χ1v) is 12.5. The molecule has 0 radical (unpaired) electrons. The smallest absolute Gasteiger partial charge is 0.416 e. The highest BCUT2D eigenvalue weighted by molar-refractivity contribution is 6.02. The fourth-order valence-corrected chi connectivity index (χ4v) is 3.52. The number of allylic oxidation sites excluding steroid dienone is 4. The Morgan fingerprint density at radius 2 is 1.95 bits per heavy atom. The van der Waals surface area contributed by atoms with Gasteiger partial charge in [-0.2, -0.15) is 13.2 Å². The molecule has 1 heterocycles. The molecule has 0 fully saturated rings. The van der Waals surface area contributed by atoms with E-state index in [1.54, 1.807) is 33.2 Å². The molecule has 0 saturated carbocycles. The largest absolute Gasteiger partial charge is 0.496 e. The number of unbranched alkanes of at least 4 members (excludes halogenated alkanes) is 1. The number of halogens is 4. The van der Waals surface area contributed by atoms with Crippen molar-refractivity contribution in [2.75, 3.05) is 7.11 Å². The molecule has 0 spiro atoms. The summed E-state index contributed by atoms with van der Waals surface area (Å²) in [4.78, 5) is 8.96. The van der Waals surface area contributed by atoms with Gasteiger partial charge in [0.25, 0.3) is 0 Å². The van der Waals surface area contributed by atoms with Gasteiger partial charge in [0.15, 0.2) is 0 Å². The van der Waals surface area contributed by atoms with Gasteiger partial charge < -0.3 is 10.1 Å². The van der Waals surface area contributed by atoms with Crippen LogP contribution in [-0.4, -0.2) is 30.1 Å². The molecule has 204 valence electrons. The lowest BCUT2D eigenvalue weighted by molar-refractivity contribution is -0.0884. The fourth-order valence-electron chi connectivity index (χ4n) is 3.52. The summed E-state index contributed by atoms with van der Waals surface area (Å²) in [6.45, 7) is 11.3. The normalized spacial score (nSPS) is 13.8. The van der Waals surface area contributed by atoms with Crippen molar-refractivity contribution in [3.05, 3.63) is 95.6 Å². The standard InChI is InChI=1S/C30H35F4N3O/c1-7-9-10-16-35-29(37-22(5)20(3)12-13-24(11-8-2)30(32,33)34)26-17-23(18-28(38-6)21(26)4)27-15-14-25(31)19-36-27/h10-19,22H,3,7-9H2,1-2,4-6H3,(H,35,37)/b13-12-,16-10+,24-11-. The number of nitrogens with one attached hydrogen (secondary N) is 1. The molecule has 1 aromatic heterocycles. The van der Waals surface area contributed by atoms with Gasteiger partial charge in [0.05, 0.1) is 30.6 Å². The first kappa shape index (κ1) is 30.5. The van der Waals surface area contributed by atoms with Crippen LogP contribution in [0.15, 0.2) is 83.7 Å². The lowest BCUT2D eigenvalue weighted by Gasteiger charge is -2.17. The molecule has 0 bridgehead atoms. The number of pyridine rings is 1. The molecule has 0 aliphatic carbocycles. The molecule has 0 saturated heterocycles. The Morgan fingerprint density at radius 3 is 2.53 bits per heavy atom. The predicted octanol–water partition coefficient (Wildman–Crippen LogP) is 8.25. The Bertz CT molecular complexity index is 1210. The molecule has 1 atom stereocenters. The van der Waals surface area contributed by atoms with Crippen LogP contribution in [0.4, 0.5) is 17.6 Å². The molecule has 1 aromatic carbocycles. The molecule has 38 heavy (non-hydrogen) atoms. The number of hydrogen-bond acceptors (Lipinski definition) is 3. The van der Waals surface area contributed by atoms with E-state index in [-0.39, 0.29) is 6.42 Å². The first-order valence-electron chi connectivity index (χ1n) is 12.5. The molecule has 2 rings (SSSR count). The highest BCUT2D eigenvalue weighted by Crippen LogP contribution is 2.30. The SMILES string of the molecule is C=C(/C=C\C(=C\CC)C(F)(F)F)C(C)N=C(N/C=C/CCC)c1cc(-c2ccc(F)cn2)cc(OC)c1C. The van der Waals surface area contributed by atoms with Crippen molar-refractivity contribution < 1.29 is 22.3 Å². The van der Waals surface area contributed by atoms with Gasteiger partial charge in [0.1, 0.15) is 17.4 Å². The quantitative estimate of drug-likeness (QED) is 0.138. The monoisotopic (exact) mass is 529 g/mol. The van der Waals surface area contributed by atoms with Crippen LogP contribution < -0.4 is 10.1 Å². The summed E-state index contributed by atoms with van der Waals surface area (Å²) in [5.74, 6) is 0.627. The Kier molecular flexibility index (Phi) is 11.5. The van der Waals surface area contributed by atoms with Crippen molar-refractivity contribution in [1.82, 2.24) is 10.3 Å². The van der Waals surface area contributed by atoms with Crippen LogP contribution in [0.1, 0.15) is 51.2 Å². The minimum Gasteiger partial charge on any atom is -0.496 e. The van der Waals surface area contributed by atoms with Gasteiger partial charge >= 0.3 is 6.18 Å². The maximum absolute atomic E-state index is 13.5. The third-order valence-corrected chi connectivity index (χ3v) is 5.74. The Hall–Kier alpha value is -3.68. The van der Waals surface area contributed by atoms with E-state index in [1.165, 1.54) is 12.1 Å². The molecular formula is C30H35F4N3O. The minimum atomic E-state index is -4.45. The number of methoxy groups -OCH3 is 1. The van der Waals surface area contributed by atoms with E-state index < -0.39 is 23.6 Å². The van der Waals surface area contributed by atoms with Gasteiger partial charge in [-0.3, -0.25) is 9.98 Å². The summed E-state index contributed by atoms with van der Waals surface area (Å²) < 4.78 is 58.9. The second-order valence-corrected chi connectivity index (χ2v) is 8.68. The molecule has 0 aliphatic heterocycles. The average molecular weight is 530 g/mol. The zero-order chi connectivity index (χ0) is 28.3. The Balaban J connectivity index is 2.55. The number of benzene rings is 1. The number of amidine groups is 1. The summed E-state index contributed by atoms with van der Waals surface area (Å²) in [6.07, 6.45) is 6.05. The van der Waals surface area contributed by atoms with E-state index in [2.05, 4.69) is 23.8 Å². The second-order valence-electron chi connectivity index (χ2n) is 8.68. The van der Waals surface area contributed by atoms with E-state index in [1.807, 2.05) is 25.1 Å². The van der Waals surface area contributed by atoms with Crippen LogP contribution in [0.2, 0.25) is 0 Å². The maximum atomic E-state index is 13.5. The van der Waals surface area contributed by atoms with E-state index in [4.69, 9.17) is 9.73 Å². The summed E-state index contributed by atoms with van der Waals surface area (Å²) in [5, 5.41) is 3.22. The van der Waals surface area contributed by atoms with Gasteiger partial charge in [-0.15, -0.1) is 0 Å². The summed E-state index contributed by atoms with van der Waals surface area (Å²) in [7, 11) is 1.55. The first-order chi connectivity index (χ1) is 18.0. The average Bonchev–Trinajstić information content (AvgIpc) is 2.88. The summed E-state index contributed by atoms with van der Waals surface area (Å²) in [6, 6.07) is 6.05. The zero-order valence-electron chi connectivity index (χ0n) is 22.5. The van der Waals surface area contributed by atoms with Crippen molar-refractivity contribution in [3.63, 3.8) is 0 Å². The molecular weight excluding hydrogens is 494 g/mol. The zero-order valence-corrected chi connectivity index (χ0v) is 22.5. The fraction of sp³-hybridized carbons (Fsp3) is 0.333. The molecule has 8 heteroatoms. The highest BCUT2D eigenvalue weighted by Gasteiger charge is 2.31. The van der Waals surface area contributed by atoms with Gasteiger partial charge in [-0.25, -0.2) is 4.39 Å². The molecule has 0 aliphatic rings. The minimum absolute atomic E-state index is 0.262. The number of aliphatic imine (C=N–C) groups is 1. The van der Waals surface area contributed by atoms with Crippen molar-refractivity contribution in [2.45, 2.75) is 59.2 Å². The molecule has 0 amide bonds. The number of rotatable bonds is 11. The number of ether oxygens (including phenoxy) is 1. The van der Waals surface area contributed by atoms with E-state index in [0.29, 0.717) is 34.0 Å². The van der Waals surface area contributed by atoms with Crippen molar-refractivity contribution in [1.29, 1.82) is 0 Å². The van der Waals surface area contributed by atoms with Gasteiger partial charge in [-0.1, -0.05) is 51.2 Å². The molecule has 1 unspecified atom stereocenters. The van der Waals surface area contributed by atoms with Crippen molar-refractivity contribution >= 4 is 5.84 Å². The second kappa shape index (κ2) is 14.3. The van der Waals surface area contributed by atoms with Gasteiger partial charge in [0.2, 0.25) is 0 Å². The van der Waals surface area contributed by atoms with Crippen LogP contribution in [0.3, 0.4) is 0 Å². The van der Waals surface area contributed by atoms with Crippen molar-refractivity contribution in [3.8, 4) is 17.0 Å². The maximum Gasteiger partial charge on any atom is 0.416 e. The molecule has 4 nitrogen and oxygen atoms in total. The Labute approximate surface area is 222 Å². The highest BCUT2D eigenvalue weighted by atomic mass is 19.4. The number of alkyl halides is 3. The number of nitrogens with zero attached hydrogens (tertiary/aromatic N) is 2. The van der Waals surface area contributed by atoms with Crippen LogP contribution in [0, 0.1) is 12.7 Å². The van der Waals surface area contributed by atoms with Crippen LogP contribution in [-0.2, 0) is 0 Å². The van der Waals surface area contributed by atoms with Gasteiger partial charge in [-0.05, 0) is 62.7 Å². The van der Waals surface area contributed by atoms with Crippen LogP contribution in [0.5, 0.6) is 5.75 Å². The third-order valence-electron chi connectivity index (χ3n) is 5.74. The predicted molar refractivity (Wildman–Crippen MR) is 147 cm³/mol. The van der Waals surface area contributed by atoms with Crippen LogP contribution in [0.25, 0.3) is 11.3 Å². The Morgan fingerprint density at radius 1 is 1.21 bits per heavy atom. The number of hydrogen-bond donors (Lipinski definition) is 1. The topological polar surface area (TPSA) is 46.5 Å². The van der Waals surface area contributed by atoms with Crippen LogP contribution >= 0.6 is 0 Å².